The maximum absolute atomic E-state index is 9.89. The van der Waals surface area contributed by atoms with Crippen LogP contribution < -0.4 is 5.32 Å². The predicted molar refractivity (Wildman–Crippen MR) is 85.0 cm³/mol. The summed E-state index contributed by atoms with van der Waals surface area (Å²) in [6.07, 6.45) is 5.34. The molecule has 23 heavy (non-hydrogen) atoms. The van der Waals surface area contributed by atoms with Gasteiger partial charge in [0.05, 0.1) is 19.0 Å². The van der Waals surface area contributed by atoms with Gasteiger partial charge in [0.25, 0.3) is 0 Å². The van der Waals surface area contributed by atoms with E-state index in [1.165, 1.54) is 19.2 Å². The van der Waals surface area contributed by atoms with Gasteiger partial charge in [0, 0.05) is 13.0 Å². The number of aromatic nitrogens is 4. The maximum Gasteiger partial charge on any atom is 0.167 e. The van der Waals surface area contributed by atoms with Crippen molar-refractivity contribution in [1.82, 2.24) is 19.5 Å². The molecular weight excluding hydrogens is 298 g/mol. The highest BCUT2D eigenvalue weighted by molar-refractivity contribution is 5.82. The molecule has 8 nitrogen and oxygen atoms in total. The molecule has 3 atom stereocenters. The van der Waals surface area contributed by atoms with E-state index < -0.39 is 12.2 Å². The highest BCUT2D eigenvalue weighted by Gasteiger charge is 2.35. The van der Waals surface area contributed by atoms with E-state index in [4.69, 9.17) is 4.74 Å². The number of anilines is 1. The number of hydrogen-bond acceptors (Lipinski definition) is 7. The average Bonchev–Trinajstić information content (AvgIpc) is 3.15. The second-order valence-corrected chi connectivity index (χ2v) is 5.80. The van der Waals surface area contributed by atoms with Crippen molar-refractivity contribution in [1.29, 1.82) is 0 Å². The molecule has 1 aliphatic heterocycles. The SMILES string of the molecule is CCCCCNc1ncnc2c1ncn2[C@H]1C[C@H](O)[C@@H](CO)O1. The van der Waals surface area contributed by atoms with E-state index >= 15 is 0 Å². The first-order valence-electron chi connectivity index (χ1n) is 8.10. The fourth-order valence-electron chi connectivity index (χ4n) is 2.82. The van der Waals surface area contributed by atoms with Crippen LogP contribution in [0.4, 0.5) is 5.82 Å². The van der Waals surface area contributed by atoms with E-state index in [0.717, 1.165) is 13.0 Å². The molecule has 0 amide bonds. The normalized spacial score (nSPS) is 24.4. The summed E-state index contributed by atoms with van der Waals surface area (Å²) in [5, 5.41) is 22.4. The first-order chi connectivity index (χ1) is 11.2. The molecule has 0 bridgehead atoms. The van der Waals surface area contributed by atoms with Crippen LogP contribution in [0.2, 0.25) is 0 Å². The number of aliphatic hydroxyl groups is 2. The number of rotatable bonds is 7. The Kier molecular flexibility index (Phi) is 5.04. The van der Waals surface area contributed by atoms with Gasteiger partial charge in [-0.1, -0.05) is 19.8 Å². The van der Waals surface area contributed by atoms with Crippen LogP contribution in [0.5, 0.6) is 0 Å². The smallest absolute Gasteiger partial charge is 0.167 e. The Morgan fingerprint density at radius 2 is 2.22 bits per heavy atom. The average molecular weight is 321 g/mol. The van der Waals surface area contributed by atoms with Gasteiger partial charge in [-0.25, -0.2) is 15.0 Å². The van der Waals surface area contributed by atoms with Crippen molar-refractivity contribution in [2.75, 3.05) is 18.5 Å². The van der Waals surface area contributed by atoms with Crippen LogP contribution >= 0.6 is 0 Å². The molecule has 3 N–H and O–H groups in total. The summed E-state index contributed by atoms with van der Waals surface area (Å²) < 4.78 is 7.46. The van der Waals surface area contributed by atoms with Gasteiger partial charge in [0.2, 0.25) is 0 Å². The Morgan fingerprint density at radius 3 is 2.96 bits per heavy atom. The van der Waals surface area contributed by atoms with Gasteiger partial charge < -0.3 is 20.3 Å². The third-order valence-electron chi connectivity index (χ3n) is 4.13. The number of imidazole rings is 1. The molecule has 0 unspecified atom stereocenters. The van der Waals surface area contributed by atoms with E-state index in [0.29, 0.717) is 23.4 Å². The summed E-state index contributed by atoms with van der Waals surface area (Å²) in [7, 11) is 0. The molecule has 0 spiro atoms. The Bertz CT molecular complexity index is 647. The minimum absolute atomic E-state index is 0.205. The van der Waals surface area contributed by atoms with Gasteiger partial charge in [-0.15, -0.1) is 0 Å². The van der Waals surface area contributed by atoms with Crippen LogP contribution in [0.15, 0.2) is 12.7 Å². The van der Waals surface area contributed by atoms with Crippen LogP contribution in [0.1, 0.15) is 38.8 Å². The van der Waals surface area contributed by atoms with Gasteiger partial charge >= 0.3 is 0 Å². The Labute approximate surface area is 134 Å². The number of nitrogens with one attached hydrogen (secondary N) is 1. The third kappa shape index (κ3) is 3.29. The number of aliphatic hydroxyl groups excluding tert-OH is 2. The van der Waals surface area contributed by atoms with Gasteiger partial charge in [0.1, 0.15) is 18.7 Å². The molecule has 126 valence electrons. The Hall–Kier alpha value is -1.77. The van der Waals surface area contributed by atoms with Crippen molar-refractivity contribution in [2.45, 2.75) is 51.0 Å². The molecule has 3 rings (SSSR count). The summed E-state index contributed by atoms with van der Waals surface area (Å²) in [5.41, 5.74) is 1.35. The van der Waals surface area contributed by atoms with Gasteiger partial charge in [-0.2, -0.15) is 0 Å². The molecule has 2 aromatic heterocycles. The topological polar surface area (TPSA) is 105 Å². The summed E-state index contributed by atoms with van der Waals surface area (Å²) in [6, 6.07) is 0. The monoisotopic (exact) mass is 321 g/mol. The molecular formula is C15H23N5O3. The minimum Gasteiger partial charge on any atom is -0.394 e. The van der Waals surface area contributed by atoms with Crippen molar-refractivity contribution in [3.05, 3.63) is 12.7 Å². The van der Waals surface area contributed by atoms with E-state index in [1.807, 2.05) is 0 Å². The van der Waals surface area contributed by atoms with Crippen molar-refractivity contribution in [3.63, 3.8) is 0 Å². The number of unbranched alkanes of at least 4 members (excludes halogenated alkanes) is 2. The van der Waals surface area contributed by atoms with Crippen LogP contribution in [-0.4, -0.2) is 55.1 Å². The van der Waals surface area contributed by atoms with E-state index in [9.17, 15) is 10.2 Å². The van der Waals surface area contributed by atoms with E-state index in [-0.39, 0.29) is 12.8 Å². The molecule has 3 heterocycles. The first-order valence-corrected chi connectivity index (χ1v) is 8.10. The summed E-state index contributed by atoms with van der Waals surface area (Å²) in [6.45, 7) is 2.81. The van der Waals surface area contributed by atoms with Gasteiger partial charge in [0.15, 0.2) is 17.0 Å². The van der Waals surface area contributed by atoms with Crippen LogP contribution in [0.25, 0.3) is 11.2 Å². The molecule has 8 heteroatoms. The lowest BCUT2D eigenvalue weighted by molar-refractivity contribution is -0.0432. The zero-order valence-corrected chi connectivity index (χ0v) is 13.2. The van der Waals surface area contributed by atoms with Crippen LogP contribution in [-0.2, 0) is 4.74 Å². The van der Waals surface area contributed by atoms with E-state index in [1.54, 1.807) is 10.9 Å². The van der Waals surface area contributed by atoms with E-state index in [2.05, 4.69) is 27.2 Å². The quantitative estimate of drug-likeness (QED) is 0.655. The van der Waals surface area contributed by atoms with Crippen molar-refractivity contribution in [3.8, 4) is 0 Å². The molecule has 1 saturated heterocycles. The summed E-state index contributed by atoms with van der Waals surface area (Å²) in [4.78, 5) is 12.9. The molecule has 0 radical (unpaired) electrons. The lowest BCUT2D eigenvalue weighted by Crippen LogP contribution is -2.24. The van der Waals surface area contributed by atoms with Crippen LogP contribution in [0, 0.1) is 0 Å². The van der Waals surface area contributed by atoms with Crippen molar-refractivity contribution >= 4 is 17.0 Å². The first kappa shape index (κ1) is 16.1. The molecule has 0 aromatic carbocycles. The number of ether oxygens (including phenoxy) is 1. The molecule has 0 aliphatic carbocycles. The van der Waals surface area contributed by atoms with Crippen LogP contribution in [0.3, 0.4) is 0 Å². The second kappa shape index (κ2) is 7.20. The van der Waals surface area contributed by atoms with Crippen molar-refractivity contribution in [2.24, 2.45) is 0 Å². The molecule has 0 saturated carbocycles. The standard InChI is InChI=1S/C15H23N5O3/c1-2-3-4-5-16-14-13-15(18-8-17-14)20(9-19-13)12-6-10(22)11(7-21)23-12/h8-12,21-22H,2-7H2,1H3,(H,16,17,18)/t10-,11+,12+/m0/s1. The highest BCUT2D eigenvalue weighted by Crippen LogP contribution is 2.31. The zero-order valence-electron chi connectivity index (χ0n) is 13.2. The third-order valence-corrected chi connectivity index (χ3v) is 4.13. The lowest BCUT2D eigenvalue weighted by Gasteiger charge is -2.13. The largest absolute Gasteiger partial charge is 0.394 e. The number of fused-ring (bicyclic) bond motifs is 1. The molecule has 2 aromatic rings. The predicted octanol–water partition coefficient (Wildman–Crippen LogP) is 1.07. The fraction of sp³-hybridized carbons (Fsp3) is 0.667. The zero-order chi connectivity index (χ0) is 16.2. The molecule has 1 fully saturated rings. The lowest BCUT2D eigenvalue weighted by atomic mass is 10.2. The number of hydrogen-bond donors (Lipinski definition) is 3. The van der Waals surface area contributed by atoms with Gasteiger partial charge in [-0.05, 0) is 6.42 Å². The summed E-state index contributed by atoms with van der Waals surface area (Å²) >= 11 is 0. The highest BCUT2D eigenvalue weighted by atomic mass is 16.5. The fourth-order valence-corrected chi connectivity index (χ4v) is 2.82. The molecule has 1 aliphatic rings. The number of nitrogens with zero attached hydrogens (tertiary/aromatic N) is 4. The second-order valence-electron chi connectivity index (χ2n) is 5.80. The Balaban J connectivity index is 1.78. The maximum atomic E-state index is 9.89. The Morgan fingerprint density at radius 1 is 1.35 bits per heavy atom. The van der Waals surface area contributed by atoms with Gasteiger partial charge in [-0.3, -0.25) is 4.57 Å². The van der Waals surface area contributed by atoms with Crippen molar-refractivity contribution < 1.29 is 14.9 Å². The minimum atomic E-state index is -0.684. The summed E-state index contributed by atoms with van der Waals surface area (Å²) in [5.74, 6) is 0.710.